The van der Waals surface area contributed by atoms with Crippen LogP contribution in [0, 0.1) is 5.41 Å². The number of nitrogens with zero attached hydrogens (tertiary/aromatic N) is 2. The Morgan fingerprint density at radius 1 is 1.35 bits per heavy atom. The van der Waals surface area contributed by atoms with Crippen LogP contribution in [0.15, 0.2) is 12.3 Å². The fourth-order valence-corrected chi connectivity index (χ4v) is 3.00. The maximum atomic E-state index is 10.9. The fourth-order valence-electron chi connectivity index (χ4n) is 3.00. The van der Waals surface area contributed by atoms with Gasteiger partial charge in [0.05, 0.1) is 5.60 Å². The quantitative estimate of drug-likeness (QED) is 0.876. The molecule has 1 atom stereocenters. The third-order valence-corrected chi connectivity index (χ3v) is 4.62. The summed E-state index contributed by atoms with van der Waals surface area (Å²) in [7, 11) is 1.96. The van der Waals surface area contributed by atoms with Crippen molar-refractivity contribution in [3.05, 3.63) is 18.0 Å². The summed E-state index contributed by atoms with van der Waals surface area (Å²) in [5, 5.41) is 15.0. The number of rotatable bonds is 3. The molecule has 1 aliphatic rings. The van der Waals surface area contributed by atoms with E-state index in [-0.39, 0.29) is 5.41 Å². The van der Waals surface area contributed by atoms with Crippen LogP contribution in [0.1, 0.15) is 51.6 Å². The first-order valence-electron chi connectivity index (χ1n) is 6.64. The van der Waals surface area contributed by atoms with Crippen molar-refractivity contribution in [2.24, 2.45) is 12.5 Å². The molecule has 2 rings (SSSR count). The van der Waals surface area contributed by atoms with E-state index in [4.69, 9.17) is 0 Å². The highest BCUT2D eigenvalue weighted by atomic mass is 16.3. The van der Waals surface area contributed by atoms with Crippen LogP contribution in [0.4, 0.5) is 0 Å². The molecule has 0 spiro atoms. The van der Waals surface area contributed by atoms with Gasteiger partial charge in [-0.05, 0) is 37.2 Å². The summed E-state index contributed by atoms with van der Waals surface area (Å²) in [6, 6.07) is 2.04. The molecule has 1 N–H and O–H groups in total. The molecule has 1 aromatic rings. The van der Waals surface area contributed by atoms with E-state index in [1.807, 2.05) is 24.0 Å². The highest BCUT2D eigenvalue weighted by molar-refractivity contribution is 5.04. The van der Waals surface area contributed by atoms with E-state index in [1.54, 1.807) is 0 Å². The van der Waals surface area contributed by atoms with Crippen LogP contribution in [0.25, 0.3) is 0 Å². The van der Waals surface area contributed by atoms with Crippen LogP contribution < -0.4 is 0 Å². The molecular weight excluding hydrogens is 212 g/mol. The van der Waals surface area contributed by atoms with E-state index in [0.29, 0.717) is 0 Å². The highest BCUT2D eigenvalue weighted by Gasteiger charge is 2.44. The van der Waals surface area contributed by atoms with Crippen LogP contribution in [0.5, 0.6) is 0 Å². The zero-order valence-corrected chi connectivity index (χ0v) is 11.2. The summed E-state index contributed by atoms with van der Waals surface area (Å²) in [4.78, 5) is 0. The lowest BCUT2D eigenvalue weighted by Crippen LogP contribution is -2.47. The van der Waals surface area contributed by atoms with Gasteiger partial charge in [-0.1, -0.05) is 26.7 Å². The summed E-state index contributed by atoms with van der Waals surface area (Å²) in [5.41, 5.74) is 0.749. The molecular formula is C14H24N2O. The van der Waals surface area contributed by atoms with E-state index in [9.17, 15) is 5.11 Å². The lowest BCUT2D eigenvalue weighted by atomic mass is 9.63. The van der Waals surface area contributed by atoms with Gasteiger partial charge >= 0.3 is 0 Å². The van der Waals surface area contributed by atoms with Gasteiger partial charge in [-0.3, -0.25) is 4.68 Å². The van der Waals surface area contributed by atoms with Crippen LogP contribution >= 0.6 is 0 Å². The number of hydrogen-bond acceptors (Lipinski definition) is 2. The summed E-state index contributed by atoms with van der Waals surface area (Å²) in [5.74, 6) is 0. The SMILES string of the molecule is Cn1nccc1CCC1(O)CCCCC1(C)C. The topological polar surface area (TPSA) is 38.0 Å². The molecule has 0 radical (unpaired) electrons. The van der Waals surface area contributed by atoms with Gasteiger partial charge in [-0.2, -0.15) is 5.10 Å². The van der Waals surface area contributed by atoms with Gasteiger partial charge in [0.2, 0.25) is 0 Å². The zero-order chi connectivity index (χ0) is 12.5. The average molecular weight is 236 g/mol. The molecule has 3 nitrogen and oxygen atoms in total. The maximum Gasteiger partial charge on any atom is 0.0702 e. The van der Waals surface area contributed by atoms with Crippen LogP contribution in [-0.2, 0) is 13.5 Å². The molecule has 0 aromatic carbocycles. The van der Waals surface area contributed by atoms with E-state index >= 15 is 0 Å². The van der Waals surface area contributed by atoms with Crippen molar-refractivity contribution in [2.45, 2.75) is 58.0 Å². The first kappa shape index (κ1) is 12.6. The normalized spacial score (nSPS) is 28.2. The minimum Gasteiger partial charge on any atom is -0.389 e. The summed E-state index contributed by atoms with van der Waals surface area (Å²) < 4.78 is 1.90. The smallest absolute Gasteiger partial charge is 0.0702 e. The Bertz CT molecular complexity index is 383. The van der Waals surface area contributed by atoms with Gasteiger partial charge in [-0.15, -0.1) is 0 Å². The second kappa shape index (κ2) is 4.45. The fraction of sp³-hybridized carbons (Fsp3) is 0.786. The molecule has 0 aliphatic heterocycles. The van der Waals surface area contributed by atoms with Gasteiger partial charge in [0.15, 0.2) is 0 Å². The second-order valence-corrected chi connectivity index (χ2v) is 6.07. The third kappa shape index (κ3) is 2.39. The van der Waals surface area contributed by atoms with Crippen LogP contribution in [0.3, 0.4) is 0 Å². The average Bonchev–Trinajstić information content (AvgIpc) is 2.66. The lowest BCUT2D eigenvalue weighted by molar-refractivity contribution is -0.102. The Morgan fingerprint density at radius 3 is 2.65 bits per heavy atom. The van der Waals surface area contributed by atoms with E-state index in [0.717, 1.165) is 32.1 Å². The maximum absolute atomic E-state index is 10.9. The van der Waals surface area contributed by atoms with Crippen LogP contribution in [-0.4, -0.2) is 20.5 Å². The predicted molar refractivity (Wildman–Crippen MR) is 68.7 cm³/mol. The molecule has 3 heteroatoms. The lowest BCUT2D eigenvalue weighted by Gasteiger charge is -2.46. The van der Waals surface area contributed by atoms with E-state index in [1.165, 1.54) is 12.1 Å². The van der Waals surface area contributed by atoms with Crippen molar-refractivity contribution in [1.82, 2.24) is 9.78 Å². The molecule has 1 fully saturated rings. The van der Waals surface area contributed by atoms with Crippen LogP contribution in [0.2, 0.25) is 0 Å². The molecule has 1 saturated carbocycles. The Morgan fingerprint density at radius 2 is 2.06 bits per heavy atom. The highest BCUT2D eigenvalue weighted by Crippen LogP contribution is 2.46. The Hall–Kier alpha value is -0.830. The van der Waals surface area contributed by atoms with Gasteiger partial charge in [-0.25, -0.2) is 0 Å². The molecule has 96 valence electrons. The molecule has 1 heterocycles. The first-order chi connectivity index (χ1) is 7.95. The van der Waals surface area contributed by atoms with Crippen molar-refractivity contribution < 1.29 is 5.11 Å². The number of aromatic nitrogens is 2. The van der Waals surface area contributed by atoms with E-state index in [2.05, 4.69) is 18.9 Å². The van der Waals surface area contributed by atoms with E-state index < -0.39 is 5.60 Å². The zero-order valence-electron chi connectivity index (χ0n) is 11.2. The minimum atomic E-state index is -0.504. The van der Waals surface area contributed by atoms with Crippen molar-refractivity contribution in [3.8, 4) is 0 Å². The first-order valence-corrected chi connectivity index (χ1v) is 6.64. The van der Waals surface area contributed by atoms with Crippen molar-refractivity contribution in [2.75, 3.05) is 0 Å². The standard InChI is InChI=1S/C14H24N2O/c1-13(2)8-4-5-9-14(13,17)10-6-12-7-11-15-16(12)3/h7,11,17H,4-6,8-10H2,1-3H3. The number of hydrogen-bond donors (Lipinski definition) is 1. The number of aliphatic hydroxyl groups is 1. The van der Waals surface area contributed by atoms with Gasteiger partial charge in [0, 0.05) is 18.9 Å². The minimum absolute atomic E-state index is 0.0455. The van der Waals surface area contributed by atoms with Crippen molar-refractivity contribution in [1.29, 1.82) is 0 Å². The summed E-state index contributed by atoms with van der Waals surface area (Å²) >= 11 is 0. The van der Waals surface area contributed by atoms with Gasteiger partial charge < -0.3 is 5.11 Å². The monoisotopic (exact) mass is 236 g/mol. The third-order valence-electron chi connectivity index (χ3n) is 4.62. The Labute approximate surface area is 104 Å². The molecule has 1 unspecified atom stereocenters. The molecule has 1 aromatic heterocycles. The van der Waals surface area contributed by atoms with Gasteiger partial charge in [0.25, 0.3) is 0 Å². The van der Waals surface area contributed by atoms with Gasteiger partial charge in [0.1, 0.15) is 0 Å². The van der Waals surface area contributed by atoms with Crippen molar-refractivity contribution >= 4 is 0 Å². The molecule has 17 heavy (non-hydrogen) atoms. The second-order valence-electron chi connectivity index (χ2n) is 6.07. The summed E-state index contributed by atoms with van der Waals surface area (Å²) in [6.45, 7) is 4.41. The predicted octanol–water partition coefficient (Wildman–Crippen LogP) is 2.68. The molecule has 0 bridgehead atoms. The largest absolute Gasteiger partial charge is 0.389 e. The Balaban J connectivity index is 2.04. The molecule has 0 saturated heterocycles. The molecule has 0 amide bonds. The summed E-state index contributed by atoms with van der Waals surface area (Å²) in [6.07, 6.45) is 8.07. The molecule has 1 aliphatic carbocycles. The number of aryl methyl sites for hydroxylation is 2. The Kier molecular flexibility index (Phi) is 3.30. The van der Waals surface area contributed by atoms with Crippen molar-refractivity contribution in [3.63, 3.8) is 0 Å².